The molecule has 0 radical (unpaired) electrons. The minimum Gasteiger partial charge on any atom is -0.396 e. The van der Waals surface area contributed by atoms with Gasteiger partial charge in [0.1, 0.15) is 0 Å². The molecule has 2 rings (SSSR count). The van der Waals surface area contributed by atoms with E-state index in [-0.39, 0.29) is 18.1 Å². The molecule has 7 nitrogen and oxygen atoms in total. The van der Waals surface area contributed by atoms with Crippen LogP contribution in [0.25, 0.3) is 5.65 Å². The summed E-state index contributed by atoms with van der Waals surface area (Å²) in [7, 11) is 0. The van der Waals surface area contributed by atoms with E-state index in [1.54, 1.807) is 15.5 Å². The van der Waals surface area contributed by atoms with Crippen LogP contribution in [0.1, 0.15) is 27.2 Å². The first kappa shape index (κ1) is 16.2. The number of carbonyl (C=O) groups excluding carboxylic acids is 1. The second-order valence-corrected chi connectivity index (χ2v) is 6.44. The lowest BCUT2D eigenvalue weighted by Crippen LogP contribution is -2.41. The van der Waals surface area contributed by atoms with Crippen molar-refractivity contribution in [1.29, 1.82) is 0 Å². The number of rotatable bonds is 5. The zero-order valence-corrected chi connectivity index (χ0v) is 13.3. The van der Waals surface area contributed by atoms with Crippen molar-refractivity contribution < 1.29 is 9.90 Å². The molecule has 0 aliphatic carbocycles. The van der Waals surface area contributed by atoms with Crippen molar-refractivity contribution in [2.45, 2.75) is 27.2 Å². The van der Waals surface area contributed by atoms with Crippen molar-refractivity contribution in [3.8, 4) is 0 Å². The summed E-state index contributed by atoms with van der Waals surface area (Å²) in [5.74, 6) is 0.392. The van der Waals surface area contributed by atoms with Crippen LogP contribution in [-0.2, 0) is 0 Å². The van der Waals surface area contributed by atoms with Crippen LogP contribution in [-0.4, -0.2) is 50.3 Å². The number of pyridine rings is 1. The molecule has 0 spiro atoms. The molecular weight excluding hydrogens is 282 g/mol. The summed E-state index contributed by atoms with van der Waals surface area (Å²) in [4.78, 5) is 14.2. The average molecular weight is 305 g/mol. The number of amides is 2. The van der Waals surface area contributed by atoms with Gasteiger partial charge in [0.15, 0.2) is 5.65 Å². The van der Waals surface area contributed by atoms with Crippen LogP contribution in [0, 0.1) is 5.41 Å². The molecule has 0 atom stereocenters. The van der Waals surface area contributed by atoms with Gasteiger partial charge in [0.25, 0.3) is 0 Å². The summed E-state index contributed by atoms with van der Waals surface area (Å²) < 4.78 is 1.72. The van der Waals surface area contributed by atoms with Gasteiger partial charge in [-0.1, -0.05) is 26.8 Å². The van der Waals surface area contributed by atoms with Gasteiger partial charge in [-0.25, -0.2) is 4.79 Å². The lowest BCUT2D eigenvalue weighted by atomic mass is 9.96. The molecule has 120 valence electrons. The Morgan fingerprint density at radius 2 is 2.14 bits per heavy atom. The topological polar surface area (TPSA) is 82.8 Å². The Kier molecular flexibility index (Phi) is 4.97. The van der Waals surface area contributed by atoms with Crippen molar-refractivity contribution in [2.24, 2.45) is 5.41 Å². The third-order valence-corrected chi connectivity index (χ3v) is 3.07. The number of nitrogens with zero attached hydrogens (tertiary/aromatic N) is 4. The van der Waals surface area contributed by atoms with Crippen molar-refractivity contribution in [3.05, 3.63) is 24.4 Å². The molecule has 0 aliphatic heterocycles. The van der Waals surface area contributed by atoms with Gasteiger partial charge >= 0.3 is 6.03 Å². The van der Waals surface area contributed by atoms with Gasteiger partial charge in [-0.05, 0) is 24.0 Å². The number of carbonyl (C=O) groups is 1. The van der Waals surface area contributed by atoms with E-state index < -0.39 is 0 Å². The molecule has 2 amide bonds. The number of hydrogen-bond acceptors (Lipinski definition) is 4. The average Bonchev–Trinajstić information content (AvgIpc) is 2.85. The minimum absolute atomic E-state index is 0.0281. The highest BCUT2D eigenvalue weighted by Crippen LogP contribution is 2.16. The first-order valence-corrected chi connectivity index (χ1v) is 7.37. The Labute approximate surface area is 130 Å². The molecule has 2 aromatic heterocycles. The van der Waals surface area contributed by atoms with Crippen LogP contribution in [0.4, 0.5) is 10.7 Å². The Morgan fingerprint density at radius 3 is 2.82 bits per heavy atom. The number of fused-ring (bicyclic) bond motifs is 1. The van der Waals surface area contributed by atoms with Crippen LogP contribution in [0.5, 0.6) is 0 Å². The summed E-state index contributed by atoms with van der Waals surface area (Å²) in [5.41, 5.74) is 0.648. The van der Waals surface area contributed by atoms with E-state index >= 15 is 0 Å². The van der Waals surface area contributed by atoms with Gasteiger partial charge in [0, 0.05) is 25.9 Å². The monoisotopic (exact) mass is 305 g/mol. The maximum Gasteiger partial charge on any atom is 0.324 e. The molecule has 2 heterocycles. The highest BCUT2D eigenvalue weighted by Gasteiger charge is 2.22. The van der Waals surface area contributed by atoms with E-state index in [1.165, 1.54) is 0 Å². The Balaban J connectivity index is 2.12. The molecule has 0 bridgehead atoms. The van der Waals surface area contributed by atoms with Gasteiger partial charge in [-0.15, -0.1) is 10.2 Å². The number of anilines is 1. The van der Waals surface area contributed by atoms with E-state index in [0.717, 1.165) is 0 Å². The smallest absolute Gasteiger partial charge is 0.324 e. The summed E-state index contributed by atoms with van der Waals surface area (Å²) in [6, 6.07) is 5.30. The largest absolute Gasteiger partial charge is 0.396 e. The third kappa shape index (κ3) is 4.17. The van der Waals surface area contributed by atoms with E-state index in [0.29, 0.717) is 31.1 Å². The maximum atomic E-state index is 12.5. The van der Waals surface area contributed by atoms with E-state index in [4.69, 9.17) is 5.11 Å². The van der Waals surface area contributed by atoms with Gasteiger partial charge in [-0.2, -0.15) is 0 Å². The minimum atomic E-state index is -0.235. The zero-order valence-electron chi connectivity index (χ0n) is 13.3. The van der Waals surface area contributed by atoms with Crippen LogP contribution in [0.15, 0.2) is 24.4 Å². The summed E-state index contributed by atoms with van der Waals surface area (Å²) in [6.45, 7) is 7.35. The van der Waals surface area contributed by atoms with Crippen molar-refractivity contribution in [2.75, 3.05) is 25.0 Å². The number of hydrogen-bond donors (Lipinski definition) is 2. The first-order chi connectivity index (χ1) is 10.4. The molecule has 0 aromatic carbocycles. The molecule has 22 heavy (non-hydrogen) atoms. The van der Waals surface area contributed by atoms with E-state index in [9.17, 15) is 4.79 Å². The van der Waals surface area contributed by atoms with Crippen LogP contribution in [0.2, 0.25) is 0 Å². The number of urea groups is 1. The van der Waals surface area contributed by atoms with Crippen molar-refractivity contribution >= 4 is 17.6 Å². The molecular formula is C15H23N5O2. The van der Waals surface area contributed by atoms with Gasteiger partial charge in [-0.3, -0.25) is 9.72 Å². The lowest BCUT2D eigenvalue weighted by Gasteiger charge is -2.29. The van der Waals surface area contributed by atoms with Gasteiger partial charge in [0.2, 0.25) is 5.95 Å². The van der Waals surface area contributed by atoms with Crippen LogP contribution >= 0.6 is 0 Å². The number of aliphatic hydroxyl groups excluding tert-OH is 1. The second kappa shape index (κ2) is 6.74. The first-order valence-electron chi connectivity index (χ1n) is 7.37. The summed E-state index contributed by atoms with van der Waals surface area (Å²) in [5, 5.41) is 19.8. The standard InChI is InChI=1S/C15H23N5O2/c1-15(2,3)11-19(8-6-10-21)14(22)16-13-18-17-12-7-4-5-9-20(12)13/h4-5,7,9,21H,6,8,10-11H2,1-3H3,(H,16,18,22). The van der Waals surface area contributed by atoms with Crippen molar-refractivity contribution in [1.82, 2.24) is 19.5 Å². The highest BCUT2D eigenvalue weighted by molar-refractivity contribution is 5.87. The fourth-order valence-corrected chi connectivity index (χ4v) is 2.19. The lowest BCUT2D eigenvalue weighted by molar-refractivity contribution is 0.175. The zero-order chi connectivity index (χ0) is 16.2. The fourth-order valence-electron chi connectivity index (χ4n) is 2.19. The highest BCUT2D eigenvalue weighted by atomic mass is 16.3. The molecule has 0 saturated heterocycles. The Hall–Kier alpha value is -2.15. The molecule has 0 saturated carbocycles. The molecule has 2 aromatic rings. The SMILES string of the molecule is CC(C)(C)CN(CCCO)C(=O)Nc1nnc2ccccn12. The Morgan fingerprint density at radius 1 is 1.36 bits per heavy atom. The van der Waals surface area contributed by atoms with Gasteiger partial charge in [0.05, 0.1) is 0 Å². The third-order valence-electron chi connectivity index (χ3n) is 3.07. The fraction of sp³-hybridized carbons (Fsp3) is 0.533. The number of nitrogens with one attached hydrogen (secondary N) is 1. The molecule has 0 aliphatic rings. The number of aliphatic hydroxyl groups is 1. The van der Waals surface area contributed by atoms with Crippen LogP contribution in [0.3, 0.4) is 0 Å². The summed E-state index contributed by atoms with van der Waals surface area (Å²) in [6.07, 6.45) is 2.34. The molecule has 7 heteroatoms. The normalized spacial score (nSPS) is 11.6. The summed E-state index contributed by atoms with van der Waals surface area (Å²) >= 11 is 0. The van der Waals surface area contributed by atoms with Gasteiger partial charge < -0.3 is 10.0 Å². The predicted molar refractivity (Wildman–Crippen MR) is 84.7 cm³/mol. The molecule has 0 fully saturated rings. The maximum absolute atomic E-state index is 12.5. The Bertz CT molecular complexity index is 632. The second-order valence-electron chi connectivity index (χ2n) is 6.44. The molecule has 2 N–H and O–H groups in total. The quantitative estimate of drug-likeness (QED) is 0.885. The van der Waals surface area contributed by atoms with Crippen LogP contribution < -0.4 is 5.32 Å². The van der Waals surface area contributed by atoms with E-state index in [2.05, 4.69) is 36.3 Å². The van der Waals surface area contributed by atoms with Crippen molar-refractivity contribution in [3.63, 3.8) is 0 Å². The van der Waals surface area contributed by atoms with E-state index in [1.807, 2.05) is 18.2 Å². The molecule has 0 unspecified atom stereocenters. The predicted octanol–water partition coefficient (Wildman–Crippen LogP) is 1.99. The number of aromatic nitrogens is 3.